The van der Waals surface area contributed by atoms with Gasteiger partial charge in [-0.2, -0.15) is 0 Å². The summed E-state index contributed by atoms with van der Waals surface area (Å²) < 4.78 is 5.06. The van der Waals surface area contributed by atoms with Gasteiger partial charge in [-0.15, -0.1) is 0 Å². The van der Waals surface area contributed by atoms with Crippen LogP contribution in [0, 0.1) is 12.8 Å². The molecule has 1 saturated carbocycles. The molecule has 1 aromatic heterocycles. The summed E-state index contributed by atoms with van der Waals surface area (Å²) in [6, 6.07) is 0.289. The standard InChI is InChI=1S/C19H29N3O3/c1-3-25-18(24)15-12-20-19(21-13(15)2)22-11-7-6-9-16(22)14-8-4-5-10-17(14)23/h12,14,16-17,23H,3-11H2,1-2H3/t14-,16-,17+/m1/s1. The zero-order chi connectivity index (χ0) is 17.8. The Balaban J connectivity index is 1.82. The molecule has 1 N–H and O–H groups in total. The second kappa shape index (κ2) is 8.13. The summed E-state index contributed by atoms with van der Waals surface area (Å²) in [5, 5.41) is 10.5. The Morgan fingerprint density at radius 1 is 1.28 bits per heavy atom. The van der Waals surface area contributed by atoms with Gasteiger partial charge < -0.3 is 14.7 Å². The third kappa shape index (κ3) is 3.94. The highest BCUT2D eigenvalue weighted by Gasteiger charge is 2.36. The number of aromatic nitrogens is 2. The van der Waals surface area contributed by atoms with E-state index in [1.165, 1.54) is 12.8 Å². The maximum Gasteiger partial charge on any atom is 0.341 e. The minimum atomic E-state index is -0.371. The number of aliphatic hydroxyl groups is 1. The largest absolute Gasteiger partial charge is 0.462 e. The number of anilines is 1. The molecule has 138 valence electrons. The topological polar surface area (TPSA) is 75.5 Å². The minimum absolute atomic E-state index is 0.223. The van der Waals surface area contributed by atoms with E-state index in [1.54, 1.807) is 13.1 Å². The van der Waals surface area contributed by atoms with Crippen molar-refractivity contribution in [3.8, 4) is 0 Å². The maximum absolute atomic E-state index is 12.0. The summed E-state index contributed by atoms with van der Waals surface area (Å²) in [5.41, 5.74) is 1.08. The third-order valence-electron chi connectivity index (χ3n) is 5.54. The van der Waals surface area contributed by atoms with Gasteiger partial charge in [0.2, 0.25) is 5.95 Å². The van der Waals surface area contributed by atoms with E-state index in [9.17, 15) is 9.90 Å². The first-order chi connectivity index (χ1) is 12.1. The number of hydrogen-bond donors (Lipinski definition) is 1. The van der Waals surface area contributed by atoms with Crippen molar-refractivity contribution in [3.63, 3.8) is 0 Å². The normalized spacial score (nSPS) is 27.2. The van der Waals surface area contributed by atoms with Gasteiger partial charge in [0.15, 0.2) is 0 Å². The fraction of sp³-hybridized carbons (Fsp3) is 0.737. The molecule has 6 nitrogen and oxygen atoms in total. The Bertz CT molecular complexity index is 608. The smallest absolute Gasteiger partial charge is 0.341 e. The van der Waals surface area contributed by atoms with Crippen molar-refractivity contribution < 1.29 is 14.6 Å². The number of carbonyl (C=O) groups excluding carboxylic acids is 1. The zero-order valence-electron chi connectivity index (χ0n) is 15.3. The summed E-state index contributed by atoms with van der Waals surface area (Å²) in [5.74, 6) is 0.597. The zero-order valence-corrected chi connectivity index (χ0v) is 15.3. The molecule has 0 amide bonds. The molecular weight excluding hydrogens is 318 g/mol. The van der Waals surface area contributed by atoms with Crippen LogP contribution in [0.3, 0.4) is 0 Å². The van der Waals surface area contributed by atoms with E-state index in [1.807, 2.05) is 6.92 Å². The molecule has 1 aromatic rings. The lowest BCUT2D eigenvalue weighted by molar-refractivity contribution is 0.0490. The molecule has 6 heteroatoms. The maximum atomic E-state index is 12.0. The second-order valence-electron chi connectivity index (χ2n) is 7.16. The predicted molar refractivity (Wildman–Crippen MR) is 95.7 cm³/mol. The number of hydrogen-bond acceptors (Lipinski definition) is 6. The molecule has 3 rings (SSSR count). The Kier molecular flexibility index (Phi) is 5.89. The average Bonchev–Trinajstić information content (AvgIpc) is 2.62. The summed E-state index contributed by atoms with van der Waals surface area (Å²) in [6.45, 7) is 4.86. The molecule has 0 radical (unpaired) electrons. The van der Waals surface area contributed by atoms with E-state index in [0.717, 1.165) is 38.6 Å². The Hall–Kier alpha value is -1.69. The van der Waals surface area contributed by atoms with E-state index < -0.39 is 0 Å². The fourth-order valence-corrected chi connectivity index (χ4v) is 4.24. The lowest BCUT2D eigenvalue weighted by Crippen LogP contribution is -2.49. The summed E-state index contributed by atoms with van der Waals surface area (Å²) in [4.78, 5) is 23.3. The van der Waals surface area contributed by atoms with Crippen LogP contribution in [0.2, 0.25) is 0 Å². The Morgan fingerprint density at radius 2 is 2.04 bits per heavy atom. The summed E-state index contributed by atoms with van der Waals surface area (Å²) in [7, 11) is 0. The minimum Gasteiger partial charge on any atom is -0.462 e. The van der Waals surface area contributed by atoms with Gasteiger partial charge in [-0.25, -0.2) is 14.8 Å². The molecule has 2 heterocycles. The van der Waals surface area contributed by atoms with E-state index in [-0.39, 0.29) is 18.1 Å². The number of carbonyl (C=O) groups is 1. The molecule has 0 spiro atoms. The van der Waals surface area contributed by atoms with E-state index in [2.05, 4.69) is 14.9 Å². The highest BCUT2D eigenvalue weighted by Crippen LogP contribution is 2.35. The summed E-state index contributed by atoms with van der Waals surface area (Å²) >= 11 is 0. The van der Waals surface area contributed by atoms with Crippen LogP contribution in [0.4, 0.5) is 5.95 Å². The number of esters is 1. The van der Waals surface area contributed by atoms with Gasteiger partial charge in [-0.1, -0.05) is 12.8 Å². The van der Waals surface area contributed by atoms with Gasteiger partial charge in [0, 0.05) is 24.7 Å². The van der Waals surface area contributed by atoms with Gasteiger partial charge >= 0.3 is 5.97 Å². The number of ether oxygens (including phenoxy) is 1. The monoisotopic (exact) mass is 347 g/mol. The first kappa shape index (κ1) is 18.1. The van der Waals surface area contributed by atoms with Gasteiger partial charge in [0.25, 0.3) is 0 Å². The van der Waals surface area contributed by atoms with Crippen LogP contribution in [-0.2, 0) is 4.74 Å². The van der Waals surface area contributed by atoms with Crippen molar-refractivity contribution in [1.82, 2.24) is 9.97 Å². The fourth-order valence-electron chi connectivity index (χ4n) is 4.24. The van der Waals surface area contributed by atoms with Crippen LogP contribution in [-0.4, -0.2) is 46.3 Å². The highest BCUT2D eigenvalue weighted by atomic mass is 16.5. The van der Waals surface area contributed by atoms with Crippen molar-refractivity contribution in [1.29, 1.82) is 0 Å². The number of rotatable bonds is 4. The third-order valence-corrected chi connectivity index (χ3v) is 5.54. The molecule has 2 fully saturated rings. The molecule has 25 heavy (non-hydrogen) atoms. The molecule has 0 bridgehead atoms. The van der Waals surface area contributed by atoms with E-state index in [0.29, 0.717) is 29.7 Å². The van der Waals surface area contributed by atoms with Gasteiger partial charge in [-0.3, -0.25) is 0 Å². The number of aryl methyl sites for hydroxylation is 1. The van der Waals surface area contributed by atoms with Gasteiger partial charge in [0.1, 0.15) is 0 Å². The second-order valence-corrected chi connectivity index (χ2v) is 7.16. The first-order valence-corrected chi connectivity index (χ1v) is 9.57. The molecule has 1 aliphatic heterocycles. The van der Waals surface area contributed by atoms with Gasteiger partial charge in [0.05, 0.1) is 24.0 Å². The lowest BCUT2D eigenvalue weighted by atomic mass is 9.78. The van der Waals surface area contributed by atoms with Crippen molar-refractivity contribution in [2.45, 2.75) is 70.9 Å². The van der Waals surface area contributed by atoms with Crippen molar-refractivity contribution in [3.05, 3.63) is 17.5 Å². The quantitative estimate of drug-likeness (QED) is 0.844. The average molecular weight is 347 g/mol. The number of nitrogens with zero attached hydrogens (tertiary/aromatic N) is 3. The van der Waals surface area contributed by atoms with Crippen molar-refractivity contribution in [2.24, 2.45) is 5.92 Å². The van der Waals surface area contributed by atoms with E-state index >= 15 is 0 Å². The summed E-state index contributed by atoms with van der Waals surface area (Å²) in [6.07, 6.45) is 9.01. The molecule has 0 unspecified atom stereocenters. The first-order valence-electron chi connectivity index (χ1n) is 9.57. The number of aliphatic hydroxyl groups excluding tert-OH is 1. The van der Waals surface area contributed by atoms with Crippen molar-refractivity contribution >= 4 is 11.9 Å². The highest BCUT2D eigenvalue weighted by molar-refractivity contribution is 5.90. The van der Waals surface area contributed by atoms with Crippen molar-refractivity contribution in [2.75, 3.05) is 18.1 Å². The molecular formula is C19H29N3O3. The van der Waals surface area contributed by atoms with Crippen LogP contribution < -0.4 is 4.90 Å². The van der Waals surface area contributed by atoms with E-state index in [4.69, 9.17) is 4.74 Å². The Morgan fingerprint density at radius 3 is 2.76 bits per heavy atom. The molecule has 1 saturated heterocycles. The SMILES string of the molecule is CCOC(=O)c1cnc(N2CCCC[C@@H]2[C@H]2CCCC[C@@H]2O)nc1C. The lowest BCUT2D eigenvalue weighted by Gasteiger charge is -2.43. The molecule has 1 aliphatic carbocycles. The van der Waals surface area contributed by atoms with Crippen LogP contribution in [0.25, 0.3) is 0 Å². The van der Waals surface area contributed by atoms with Gasteiger partial charge in [-0.05, 0) is 46.0 Å². The molecule has 2 aliphatic rings. The van der Waals surface area contributed by atoms with Crippen LogP contribution in [0.1, 0.15) is 67.9 Å². The Labute approximate surface area is 149 Å². The van der Waals surface area contributed by atoms with Crippen LogP contribution in [0.5, 0.6) is 0 Å². The van der Waals surface area contributed by atoms with Crippen LogP contribution >= 0.6 is 0 Å². The molecule has 3 atom stereocenters. The van der Waals surface area contributed by atoms with Crippen LogP contribution in [0.15, 0.2) is 6.20 Å². The predicted octanol–water partition coefficient (Wildman–Crippen LogP) is 2.87. The number of piperidine rings is 1. The molecule has 0 aromatic carbocycles.